The van der Waals surface area contributed by atoms with Gasteiger partial charge in [-0.05, 0) is 30.9 Å². The Kier molecular flexibility index (Phi) is 3.88. The van der Waals surface area contributed by atoms with Crippen LogP contribution in [0.25, 0.3) is 0 Å². The van der Waals surface area contributed by atoms with E-state index in [0.717, 1.165) is 25.3 Å². The first kappa shape index (κ1) is 14.0. The third kappa shape index (κ3) is 2.36. The van der Waals surface area contributed by atoms with Crippen LogP contribution in [0.2, 0.25) is 0 Å². The maximum atomic E-state index is 14.1. The van der Waals surface area contributed by atoms with Gasteiger partial charge in [-0.2, -0.15) is 0 Å². The molecule has 2 nitrogen and oxygen atoms in total. The second kappa shape index (κ2) is 5.27. The molecule has 4 heteroatoms. The molecule has 0 aliphatic heterocycles. The maximum Gasteiger partial charge on any atom is 0.314 e. The summed E-state index contributed by atoms with van der Waals surface area (Å²) in [5.74, 6) is -2.99. The van der Waals surface area contributed by atoms with Crippen LogP contribution in [0.1, 0.15) is 50.2 Å². The Hall–Kier alpha value is -1.45. The van der Waals surface area contributed by atoms with Gasteiger partial charge in [0.2, 0.25) is 0 Å². The minimum absolute atomic E-state index is 0.0246. The van der Waals surface area contributed by atoms with Crippen molar-refractivity contribution in [1.29, 1.82) is 0 Å². The van der Waals surface area contributed by atoms with Crippen molar-refractivity contribution in [3.05, 3.63) is 34.9 Å². The minimum Gasteiger partial charge on any atom is -0.481 e. The highest BCUT2D eigenvalue weighted by atomic mass is 19.2. The summed E-state index contributed by atoms with van der Waals surface area (Å²) in [7, 11) is 0. The van der Waals surface area contributed by atoms with E-state index in [-0.39, 0.29) is 5.56 Å². The van der Waals surface area contributed by atoms with Crippen molar-refractivity contribution in [2.75, 3.05) is 0 Å². The molecular weight excluding hydrogens is 250 g/mol. The lowest BCUT2D eigenvalue weighted by Gasteiger charge is -2.34. The van der Waals surface area contributed by atoms with E-state index in [1.165, 1.54) is 6.07 Å². The Bertz CT molecular complexity index is 491. The fourth-order valence-electron chi connectivity index (χ4n) is 2.95. The standard InChI is InChI=1S/C15H18F2O2/c1-2-10-8-11(13(17)12(16)9-10)15(14(18)19)6-4-3-5-7-15/h8-9H,2-7H2,1H3,(H,18,19). The van der Waals surface area contributed by atoms with Gasteiger partial charge in [0, 0.05) is 5.56 Å². The number of aliphatic carboxylic acids is 1. The molecule has 1 fully saturated rings. The number of aryl methyl sites for hydroxylation is 1. The van der Waals surface area contributed by atoms with Gasteiger partial charge in [0.15, 0.2) is 11.6 Å². The van der Waals surface area contributed by atoms with Crippen LogP contribution in [-0.2, 0) is 16.6 Å². The van der Waals surface area contributed by atoms with Gasteiger partial charge in [-0.1, -0.05) is 32.3 Å². The largest absolute Gasteiger partial charge is 0.481 e. The Labute approximate surface area is 111 Å². The van der Waals surface area contributed by atoms with E-state index in [1.54, 1.807) is 0 Å². The van der Waals surface area contributed by atoms with Crippen LogP contribution in [0, 0.1) is 11.6 Å². The van der Waals surface area contributed by atoms with E-state index < -0.39 is 23.0 Å². The summed E-state index contributed by atoms with van der Waals surface area (Å²) in [5, 5.41) is 9.53. The second-order valence-corrected chi connectivity index (χ2v) is 5.24. The molecular formula is C15H18F2O2. The molecule has 0 bridgehead atoms. The number of hydrogen-bond acceptors (Lipinski definition) is 1. The minimum atomic E-state index is -1.26. The lowest BCUT2D eigenvalue weighted by Crippen LogP contribution is -2.39. The average Bonchev–Trinajstić information content (AvgIpc) is 2.42. The zero-order valence-corrected chi connectivity index (χ0v) is 11.0. The Balaban J connectivity index is 2.59. The lowest BCUT2D eigenvalue weighted by molar-refractivity contribution is -0.145. The van der Waals surface area contributed by atoms with Crippen molar-refractivity contribution < 1.29 is 18.7 Å². The van der Waals surface area contributed by atoms with Gasteiger partial charge >= 0.3 is 5.97 Å². The van der Waals surface area contributed by atoms with Gasteiger partial charge < -0.3 is 5.11 Å². The van der Waals surface area contributed by atoms with E-state index in [2.05, 4.69) is 0 Å². The number of carboxylic acid groups (broad SMARTS) is 1. The number of carboxylic acids is 1. The molecule has 0 atom stereocenters. The van der Waals surface area contributed by atoms with Crippen molar-refractivity contribution in [2.24, 2.45) is 0 Å². The summed E-state index contributed by atoms with van der Waals surface area (Å²) < 4.78 is 27.7. The number of benzene rings is 1. The quantitative estimate of drug-likeness (QED) is 0.905. The van der Waals surface area contributed by atoms with Gasteiger partial charge in [0.25, 0.3) is 0 Å². The molecule has 1 N–H and O–H groups in total. The number of halogens is 2. The van der Waals surface area contributed by atoms with Gasteiger partial charge in [0.05, 0.1) is 5.41 Å². The zero-order valence-electron chi connectivity index (χ0n) is 11.0. The SMILES string of the molecule is CCc1cc(F)c(F)c(C2(C(=O)O)CCCCC2)c1. The van der Waals surface area contributed by atoms with Crippen LogP contribution < -0.4 is 0 Å². The Morgan fingerprint density at radius 1 is 1.26 bits per heavy atom. The molecule has 19 heavy (non-hydrogen) atoms. The molecule has 1 saturated carbocycles. The highest BCUT2D eigenvalue weighted by Gasteiger charge is 2.43. The van der Waals surface area contributed by atoms with E-state index in [9.17, 15) is 18.7 Å². The van der Waals surface area contributed by atoms with Gasteiger partial charge in [-0.3, -0.25) is 4.79 Å². The fourth-order valence-corrected chi connectivity index (χ4v) is 2.95. The summed E-state index contributed by atoms with van der Waals surface area (Å²) in [4.78, 5) is 11.7. The molecule has 104 valence electrons. The van der Waals surface area contributed by atoms with Crippen LogP contribution in [-0.4, -0.2) is 11.1 Å². The van der Waals surface area contributed by atoms with E-state index >= 15 is 0 Å². The molecule has 1 aliphatic rings. The average molecular weight is 268 g/mol. The third-order valence-corrected chi connectivity index (χ3v) is 4.13. The molecule has 0 amide bonds. The predicted octanol–water partition coefficient (Wildman–Crippen LogP) is 3.81. The first-order valence-electron chi connectivity index (χ1n) is 6.73. The van der Waals surface area contributed by atoms with E-state index in [0.29, 0.717) is 24.8 Å². The zero-order chi connectivity index (χ0) is 14.0. The molecule has 0 saturated heterocycles. The van der Waals surface area contributed by atoms with Crippen molar-refractivity contribution in [3.63, 3.8) is 0 Å². The monoisotopic (exact) mass is 268 g/mol. The van der Waals surface area contributed by atoms with Crippen molar-refractivity contribution in [2.45, 2.75) is 50.9 Å². The summed E-state index contributed by atoms with van der Waals surface area (Å²) in [6.07, 6.45) is 3.75. The highest BCUT2D eigenvalue weighted by molar-refractivity contribution is 5.81. The molecule has 1 aromatic carbocycles. The predicted molar refractivity (Wildman–Crippen MR) is 68.1 cm³/mol. The maximum absolute atomic E-state index is 14.1. The molecule has 1 aliphatic carbocycles. The highest BCUT2D eigenvalue weighted by Crippen LogP contribution is 2.41. The molecule has 0 radical (unpaired) electrons. The van der Waals surface area contributed by atoms with Crippen LogP contribution in [0.4, 0.5) is 8.78 Å². The molecule has 0 unspecified atom stereocenters. The van der Waals surface area contributed by atoms with Crippen LogP contribution in [0.3, 0.4) is 0 Å². The molecule has 2 rings (SSSR count). The summed E-state index contributed by atoms with van der Waals surface area (Å²) >= 11 is 0. The van der Waals surface area contributed by atoms with E-state index in [1.807, 2.05) is 6.92 Å². The first-order valence-corrected chi connectivity index (χ1v) is 6.73. The fraction of sp³-hybridized carbons (Fsp3) is 0.533. The van der Waals surface area contributed by atoms with Crippen molar-refractivity contribution >= 4 is 5.97 Å². The molecule has 1 aromatic rings. The summed E-state index contributed by atoms with van der Waals surface area (Å²) in [5.41, 5.74) is -0.592. The topological polar surface area (TPSA) is 37.3 Å². The van der Waals surface area contributed by atoms with Crippen molar-refractivity contribution in [1.82, 2.24) is 0 Å². The Morgan fingerprint density at radius 2 is 1.89 bits per heavy atom. The van der Waals surface area contributed by atoms with E-state index in [4.69, 9.17) is 0 Å². The lowest BCUT2D eigenvalue weighted by atomic mass is 9.69. The second-order valence-electron chi connectivity index (χ2n) is 5.24. The van der Waals surface area contributed by atoms with Crippen LogP contribution >= 0.6 is 0 Å². The molecule has 0 spiro atoms. The normalized spacial score (nSPS) is 18.3. The molecule has 0 heterocycles. The van der Waals surface area contributed by atoms with Crippen molar-refractivity contribution in [3.8, 4) is 0 Å². The molecule has 0 aromatic heterocycles. The third-order valence-electron chi connectivity index (χ3n) is 4.13. The first-order chi connectivity index (χ1) is 9.01. The van der Waals surface area contributed by atoms with Crippen LogP contribution in [0.15, 0.2) is 12.1 Å². The smallest absolute Gasteiger partial charge is 0.314 e. The summed E-state index contributed by atoms with van der Waals surface area (Å²) in [6, 6.07) is 2.68. The Morgan fingerprint density at radius 3 is 2.42 bits per heavy atom. The number of hydrogen-bond donors (Lipinski definition) is 1. The number of carbonyl (C=O) groups is 1. The van der Waals surface area contributed by atoms with Crippen LogP contribution in [0.5, 0.6) is 0 Å². The van der Waals surface area contributed by atoms with Gasteiger partial charge in [-0.25, -0.2) is 8.78 Å². The van der Waals surface area contributed by atoms with Gasteiger partial charge in [-0.15, -0.1) is 0 Å². The van der Waals surface area contributed by atoms with Gasteiger partial charge in [0.1, 0.15) is 0 Å². The number of rotatable bonds is 3. The summed E-state index contributed by atoms with van der Waals surface area (Å²) in [6.45, 7) is 1.84.